The van der Waals surface area contributed by atoms with Crippen LogP contribution in [0.15, 0.2) is 24.3 Å². The summed E-state index contributed by atoms with van der Waals surface area (Å²) in [5.74, 6) is 0.703. The molecule has 2 nitrogen and oxygen atoms in total. The Balaban J connectivity index is 2.05. The highest BCUT2D eigenvalue weighted by Crippen LogP contribution is 2.30. The smallest absolute Gasteiger partial charge is 0.0236 e. The molecule has 18 heavy (non-hydrogen) atoms. The monoisotopic (exact) mass is 246 g/mol. The number of hydrogen-bond donors (Lipinski definition) is 1. The molecule has 1 aromatic carbocycles. The predicted molar refractivity (Wildman–Crippen MR) is 77.4 cm³/mol. The molecule has 0 amide bonds. The summed E-state index contributed by atoms with van der Waals surface area (Å²) in [7, 11) is 0. The number of aryl methyl sites for hydroxylation is 1. The van der Waals surface area contributed by atoms with Crippen molar-refractivity contribution in [1.82, 2.24) is 4.90 Å². The van der Waals surface area contributed by atoms with Crippen LogP contribution >= 0.6 is 0 Å². The molecular weight excluding hydrogens is 220 g/mol. The van der Waals surface area contributed by atoms with Crippen molar-refractivity contribution < 1.29 is 0 Å². The van der Waals surface area contributed by atoms with Gasteiger partial charge in [0.2, 0.25) is 0 Å². The molecule has 0 aromatic heterocycles. The summed E-state index contributed by atoms with van der Waals surface area (Å²) in [4.78, 5) is 2.61. The Morgan fingerprint density at radius 1 is 1.33 bits per heavy atom. The maximum atomic E-state index is 5.91. The lowest BCUT2D eigenvalue weighted by Crippen LogP contribution is -2.39. The van der Waals surface area contributed by atoms with Crippen molar-refractivity contribution in [2.75, 3.05) is 13.1 Å². The minimum absolute atomic E-state index is 0.695. The third-order valence-corrected chi connectivity index (χ3v) is 4.27. The minimum Gasteiger partial charge on any atom is -0.330 e. The van der Waals surface area contributed by atoms with Crippen LogP contribution in [0.2, 0.25) is 0 Å². The zero-order valence-electron chi connectivity index (χ0n) is 11.7. The highest BCUT2D eigenvalue weighted by atomic mass is 15.2. The van der Waals surface area contributed by atoms with Gasteiger partial charge in [-0.3, -0.25) is 4.90 Å². The SMILES string of the molecule is CCN(Cc1cccc(C)c1)C1CCCC1CN. The van der Waals surface area contributed by atoms with Gasteiger partial charge in [0.25, 0.3) is 0 Å². The molecule has 2 heteroatoms. The zero-order valence-corrected chi connectivity index (χ0v) is 11.7. The van der Waals surface area contributed by atoms with Gasteiger partial charge >= 0.3 is 0 Å². The van der Waals surface area contributed by atoms with Gasteiger partial charge in [-0.25, -0.2) is 0 Å². The average Bonchev–Trinajstić information content (AvgIpc) is 2.84. The van der Waals surface area contributed by atoms with Crippen LogP contribution in [0.25, 0.3) is 0 Å². The Kier molecular flexibility index (Phi) is 4.79. The van der Waals surface area contributed by atoms with E-state index in [1.54, 1.807) is 0 Å². The van der Waals surface area contributed by atoms with Gasteiger partial charge in [0.1, 0.15) is 0 Å². The van der Waals surface area contributed by atoms with E-state index < -0.39 is 0 Å². The normalized spacial score (nSPS) is 23.8. The second kappa shape index (κ2) is 6.35. The zero-order chi connectivity index (χ0) is 13.0. The first kappa shape index (κ1) is 13.6. The lowest BCUT2D eigenvalue weighted by molar-refractivity contribution is 0.162. The Morgan fingerprint density at radius 3 is 2.83 bits per heavy atom. The summed E-state index contributed by atoms with van der Waals surface area (Å²) in [6, 6.07) is 9.56. The summed E-state index contributed by atoms with van der Waals surface area (Å²) >= 11 is 0. The molecule has 1 fully saturated rings. The van der Waals surface area contributed by atoms with Gasteiger partial charge in [-0.15, -0.1) is 0 Å². The van der Waals surface area contributed by atoms with Crippen LogP contribution in [0, 0.1) is 12.8 Å². The number of nitrogens with zero attached hydrogens (tertiary/aromatic N) is 1. The topological polar surface area (TPSA) is 29.3 Å². The first-order valence-corrected chi connectivity index (χ1v) is 7.24. The molecule has 0 radical (unpaired) electrons. The Morgan fingerprint density at radius 2 is 2.17 bits per heavy atom. The first-order valence-electron chi connectivity index (χ1n) is 7.24. The van der Waals surface area contributed by atoms with E-state index in [0.29, 0.717) is 12.0 Å². The van der Waals surface area contributed by atoms with Gasteiger partial charge in [0.15, 0.2) is 0 Å². The van der Waals surface area contributed by atoms with E-state index in [4.69, 9.17) is 5.73 Å². The van der Waals surface area contributed by atoms with Crippen LogP contribution < -0.4 is 5.73 Å². The average molecular weight is 246 g/mol. The molecule has 2 atom stereocenters. The third-order valence-electron chi connectivity index (χ3n) is 4.27. The highest BCUT2D eigenvalue weighted by Gasteiger charge is 2.30. The van der Waals surface area contributed by atoms with Crippen molar-refractivity contribution in [3.63, 3.8) is 0 Å². The fourth-order valence-corrected chi connectivity index (χ4v) is 3.28. The summed E-state index contributed by atoms with van der Waals surface area (Å²) in [6.07, 6.45) is 3.98. The van der Waals surface area contributed by atoms with E-state index >= 15 is 0 Å². The van der Waals surface area contributed by atoms with E-state index in [2.05, 4.69) is 43.0 Å². The summed E-state index contributed by atoms with van der Waals surface area (Å²) in [6.45, 7) is 7.46. The molecular formula is C16H26N2. The number of nitrogens with two attached hydrogens (primary N) is 1. The van der Waals surface area contributed by atoms with E-state index in [-0.39, 0.29) is 0 Å². The van der Waals surface area contributed by atoms with Crippen LogP contribution in [0.5, 0.6) is 0 Å². The molecule has 1 aliphatic carbocycles. The lowest BCUT2D eigenvalue weighted by Gasteiger charge is -2.31. The molecule has 1 saturated carbocycles. The van der Waals surface area contributed by atoms with Crippen LogP contribution in [0.4, 0.5) is 0 Å². The van der Waals surface area contributed by atoms with Crippen LogP contribution in [0.3, 0.4) is 0 Å². The molecule has 0 bridgehead atoms. The second-order valence-electron chi connectivity index (χ2n) is 5.55. The first-order chi connectivity index (χ1) is 8.74. The fraction of sp³-hybridized carbons (Fsp3) is 0.625. The van der Waals surface area contributed by atoms with Gasteiger partial charge in [-0.2, -0.15) is 0 Å². The van der Waals surface area contributed by atoms with Crippen LogP contribution in [-0.2, 0) is 6.54 Å². The van der Waals surface area contributed by atoms with E-state index in [1.807, 2.05) is 0 Å². The van der Waals surface area contributed by atoms with E-state index in [0.717, 1.165) is 19.6 Å². The third kappa shape index (κ3) is 3.12. The predicted octanol–water partition coefficient (Wildman–Crippen LogP) is 2.94. The molecule has 0 spiro atoms. The Bertz CT molecular complexity index is 375. The van der Waals surface area contributed by atoms with E-state index in [9.17, 15) is 0 Å². The van der Waals surface area contributed by atoms with Gasteiger partial charge in [-0.05, 0) is 44.3 Å². The van der Waals surface area contributed by atoms with Gasteiger partial charge in [0.05, 0.1) is 0 Å². The Hall–Kier alpha value is -0.860. The lowest BCUT2D eigenvalue weighted by atomic mass is 10.0. The molecule has 2 rings (SSSR count). The Labute approximate surface area is 111 Å². The molecule has 2 N–H and O–H groups in total. The van der Waals surface area contributed by atoms with Crippen molar-refractivity contribution >= 4 is 0 Å². The number of rotatable bonds is 5. The van der Waals surface area contributed by atoms with Crippen molar-refractivity contribution in [2.45, 2.75) is 45.7 Å². The molecule has 1 aliphatic rings. The molecule has 100 valence electrons. The van der Waals surface area contributed by atoms with Crippen molar-refractivity contribution in [2.24, 2.45) is 11.7 Å². The van der Waals surface area contributed by atoms with Crippen molar-refractivity contribution in [3.05, 3.63) is 35.4 Å². The molecule has 0 saturated heterocycles. The van der Waals surface area contributed by atoms with E-state index in [1.165, 1.54) is 30.4 Å². The van der Waals surface area contributed by atoms with Crippen molar-refractivity contribution in [1.29, 1.82) is 0 Å². The summed E-state index contributed by atoms with van der Waals surface area (Å²) < 4.78 is 0. The van der Waals surface area contributed by atoms with Crippen LogP contribution in [0.1, 0.15) is 37.3 Å². The quantitative estimate of drug-likeness (QED) is 0.865. The minimum atomic E-state index is 0.695. The van der Waals surface area contributed by atoms with Crippen LogP contribution in [-0.4, -0.2) is 24.0 Å². The molecule has 2 unspecified atom stereocenters. The molecule has 1 aromatic rings. The number of benzene rings is 1. The summed E-state index contributed by atoms with van der Waals surface area (Å²) in [5, 5.41) is 0. The maximum absolute atomic E-state index is 5.91. The molecule has 0 aliphatic heterocycles. The van der Waals surface area contributed by atoms with Gasteiger partial charge in [0, 0.05) is 12.6 Å². The highest BCUT2D eigenvalue weighted by molar-refractivity contribution is 5.22. The van der Waals surface area contributed by atoms with Gasteiger partial charge < -0.3 is 5.73 Å². The summed E-state index contributed by atoms with van der Waals surface area (Å²) in [5.41, 5.74) is 8.69. The fourth-order valence-electron chi connectivity index (χ4n) is 3.28. The maximum Gasteiger partial charge on any atom is 0.0236 e. The van der Waals surface area contributed by atoms with Gasteiger partial charge in [-0.1, -0.05) is 43.2 Å². The standard InChI is InChI=1S/C16H26N2/c1-3-18(16-9-5-8-15(16)11-17)12-14-7-4-6-13(2)10-14/h4,6-7,10,15-16H,3,5,8-9,11-12,17H2,1-2H3. The second-order valence-corrected chi connectivity index (χ2v) is 5.55. The number of hydrogen-bond acceptors (Lipinski definition) is 2. The molecule has 0 heterocycles. The van der Waals surface area contributed by atoms with Crippen molar-refractivity contribution in [3.8, 4) is 0 Å². The largest absolute Gasteiger partial charge is 0.330 e.